The van der Waals surface area contributed by atoms with Crippen LogP contribution >= 0.6 is 12.2 Å². The van der Waals surface area contributed by atoms with Gasteiger partial charge in [0.05, 0.1) is 6.26 Å². The number of nitrogens with zero attached hydrogens (tertiary/aromatic N) is 1. The summed E-state index contributed by atoms with van der Waals surface area (Å²) in [6.45, 7) is 2.51. The molecule has 0 atom stereocenters. The Labute approximate surface area is 159 Å². The lowest BCUT2D eigenvalue weighted by Gasteiger charge is -2.26. The number of furan rings is 1. The largest absolute Gasteiger partial charge is 0.469 e. The van der Waals surface area contributed by atoms with Crippen molar-refractivity contribution in [2.75, 3.05) is 25.0 Å². The maximum absolute atomic E-state index is 12.5. The molecule has 1 fully saturated rings. The Kier molecular flexibility index (Phi) is 6.66. The maximum Gasteiger partial charge on any atom is 0.253 e. The monoisotopic (exact) mass is 371 g/mol. The molecule has 0 bridgehead atoms. The number of hydrogen-bond acceptors (Lipinski definition) is 3. The van der Waals surface area contributed by atoms with E-state index in [-0.39, 0.29) is 5.91 Å². The number of likely N-dealkylation sites (tertiary alicyclic amines) is 1. The van der Waals surface area contributed by atoms with E-state index >= 15 is 0 Å². The minimum absolute atomic E-state index is 0.120. The molecular formula is C20H25N3O2S. The van der Waals surface area contributed by atoms with E-state index in [0.29, 0.717) is 5.11 Å². The van der Waals surface area contributed by atoms with Crippen LogP contribution in [-0.2, 0) is 6.42 Å². The standard InChI is InChI=1S/C20H25N3O2S/c24-19(23-13-2-1-3-14-23)16-8-10-17(11-9-16)22-20(26)21-12-4-6-18-7-5-15-25-18/h5,7-11,15H,1-4,6,12-14H2,(H2,21,22,26). The summed E-state index contributed by atoms with van der Waals surface area (Å²) in [4.78, 5) is 14.4. The average Bonchev–Trinajstić information content (AvgIpc) is 3.19. The number of piperidine rings is 1. The SMILES string of the molecule is O=C(c1ccc(NC(=S)NCCCc2ccco2)cc1)N1CCCCC1. The molecular weight excluding hydrogens is 346 g/mol. The van der Waals surface area contributed by atoms with Gasteiger partial charge in [-0.1, -0.05) is 0 Å². The van der Waals surface area contributed by atoms with E-state index < -0.39 is 0 Å². The Morgan fingerprint density at radius 2 is 1.88 bits per heavy atom. The molecule has 2 aromatic rings. The van der Waals surface area contributed by atoms with Gasteiger partial charge in [0.2, 0.25) is 0 Å². The summed E-state index contributed by atoms with van der Waals surface area (Å²) in [6.07, 6.45) is 6.94. The zero-order valence-electron chi connectivity index (χ0n) is 14.9. The first kappa shape index (κ1) is 18.5. The number of benzene rings is 1. The molecule has 1 aliphatic rings. The number of nitrogens with one attached hydrogen (secondary N) is 2. The Morgan fingerprint density at radius 1 is 1.12 bits per heavy atom. The molecule has 0 spiro atoms. The molecule has 138 valence electrons. The van der Waals surface area contributed by atoms with E-state index in [1.165, 1.54) is 6.42 Å². The number of amides is 1. The molecule has 26 heavy (non-hydrogen) atoms. The Hall–Kier alpha value is -2.34. The summed E-state index contributed by atoms with van der Waals surface area (Å²) in [5, 5.41) is 6.92. The third-order valence-corrected chi connectivity index (χ3v) is 4.75. The van der Waals surface area contributed by atoms with Crippen molar-refractivity contribution in [3.8, 4) is 0 Å². The van der Waals surface area contributed by atoms with Crippen molar-refractivity contribution in [2.45, 2.75) is 32.1 Å². The lowest BCUT2D eigenvalue weighted by molar-refractivity contribution is 0.0724. The molecule has 3 rings (SSSR count). The van der Waals surface area contributed by atoms with E-state index in [4.69, 9.17) is 16.6 Å². The second kappa shape index (κ2) is 9.38. The Balaban J connectivity index is 1.41. The summed E-state index contributed by atoms with van der Waals surface area (Å²) in [6, 6.07) is 11.4. The summed E-state index contributed by atoms with van der Waals surface area (Å²) in [5.74, 6) is 1.11. The van der Waals surface area contributed by atoms with Gasteiger partial charge in [0, 0.05) is 37.3 Å². The Morgan fingerprint density at radius 3 is 2.58 bits per heavy atom. The van der Waals surface area contributed by atoms with Crippen LogP contribution in [0.25, 0.3) is 0 Å². The van der Waals surface area contributed by atoms with E-state index in [1.54, 1.807) is 6.26 Å². The van der Waals surface area contributed by atoms with Gasteiger partial charge in [-0.2, -0.15) is 0 Å². The average molecular weight is 372 g/mol. The van der Waals surface area contributed by atoms with Gasteiger partial charge in [-0.15, -0.1) is 0 Å². The van der Waals surface area contributed by atoms with Gasteiger partial charge in [0.1, 0.15) is 5.76 Å². The minimum Gasteiger partial charge on any atom is -0.469 e. The fourth-order valence-electron chi connectivity index (χ4n) is 3.07. The normalized spacial score (nSPS) is 14.1. The number of carbonyl (C=O) groups is 1. The van der Waals surface area contributed by atoms with E-state index in [0.717, 1.165) is 62.3 Å². The molecule has 2 heterocycles. The summed E-state index contributed by atoms with van der Waals surface area (Å²) in [5.41, 5.74) is 1.61. The zero-order chi connectivity index (χ0) is 18.2. The highest BCUT2D eigenvalue weighted by Crippen LogP contribution is 2.15. The molecule has 0 radical (unpaired) electrons. The lowest BCUT2D eigenvalue weighted by Crippen LogP contribution is -2.35. The van der Waals surface area contributed by atoms with Crippen molar-refractivity contribution >= 4 is 28.9 Å². The van der Waals surface area contributed by atoms with Crippen LogP contribution in [0.2, 0.25) is 0 Å². The van der Waals surface area contributed by atoms with Gasteiger partial charge in [-0.05, 0) is 74.3 Å². The van der Waals surface area contributed by atoms with Crippen LogP contribution in [0.15, 0.2) is 47.1 Å². The first-order chi connectivity index (χ1) is 12.7. The quantitative estimate of drug-likeness (QED) is 0.597. The maximum atomic E-state index is 12.5. The number of thiocarbonyl (C=S) groups is 1. The highest BCUT2D eigenvalue weighted by atomic mass is 32.1. The summed E-state index contributed by atoms with van der Waals surface area (Å²) in [7, 11) is 0. The summed E-state index contributed by atoms with van der Waals surface area (Å²) >= 11 is 5.32. The van der Waals surface area contributed by atoms with Crippen LogP contribution < -0.4 is 10.6 Å². The van der Waals surface area contributed by atoms with Crippen LogP contribution in [0.4, 0.5) is 5.69 Å². The number of rotatable bonds is 6. The second-order valence-electron chi connectivity index (χ2n) is 6.49. The van der Waals surface area contributed by atoms with Crippen LogP contribution in [-0.4, -0.2) is 35.6 Å². The van der Waals surface area contributed by atoms with Crippen LogP contribution in [0.1, 0.15) is 41.8 Å². The topological polar surface area (TPSA) is 57.5 Å². The predicted molar refractivity (Wildman–Crippen MR) is 107 cm³/mol. The van der Waals surface area contributed by atoms with Gasteiger partial charge in [-0.25, -0.2) is 0 Å². The van der Waals surface area contributed by atoms with Gasteiger partial charge in [0.15, 0.2) is 5.11 Å². The van der Waals surface area contributed by atoms with Gasteiger partial charge in [0.25, 0.3) is 5.91 Å². The van der Waals surface area contributed by atoms with Crippen molar-refractivity contribution in [3.05, 3.63) is 54.0 Å². The second-order valence-corrected chi connectivity index (χ2v) is 6.90. The van der Waals surface area contributed by atoms with Gasteiger partial charge >= 0.3 is 0 Å². The van der Waals surface area contributed by atoms with E-state index in [9.17, 15) is 4.79 Å². The molecule has 1 amide bonds. The zero-order valence-corrected chi connectivity index (χ0v) is 15.7. The van der Waals surface area contributed by atoms with Gasteiger partial charge in [-0.3, -0.25) is 4.79 Å². The molecule has 0 unspecified atom stereocenters. The molecule has 2 N–H and O–H groups in total. The van der Waals surface area contributed by atoms with Crippen LogP contribution in [0, 0.1) is 0 Å². The number of anilines is 1. The predicted octanol–water partition coefficient (Wildman–Crippen LogP) is 3.82. The third-order valence-electron chi connectivity index (χ3n) is 4.50. The first-order valence-electron chi connectivity index (χ1n) is 9.19. The molecule has 5 nitrogen and oxygen atoms in total. The first-order valence-corrected chi connectivity index (χ1v) is 9.60. The molecule has 0 aliphatic carbocycles. The highest BCUT2D eigenvalue weighted by Gasteiger charge is 2.17. The van der Waals surface area contributed by atoms with Crippen LogP contribution in [0.5, 0.6) is 0 Å². The number of hydrogen-bond donors (Lipinski definition) is 2. The van der Waals surface area contributed by atoms with Crippen molar-refractivity contribution < 1.29 is 9.21 Å². The fraction of sp³-hybridized carbons (Fsp3) is 0.400. The molecule has 1 aliphatic heterocycles. The molecule has 1 aromatic heterocycles. The van der Waals surface area contributed by atoms with Crippen LogP contribution in [0.3, 0.4) is 0 Å². The molecule has 6 heteroatoms. The highest BCUT2D eigenvalue weighted by molar-refractivity contribution is 7.80. The van der Waals surface area contributed by atoms with Crippen molar-refractivity contribution in [2.24, 2.45) is 0 Å². The molecule has 1 saturated heterocycles. The summed E-state index contributed by atoms with van der Waals surface area (Å²) < 4.78 is 5.30. The Bertz CT molecular complexity index is 707. The van der Waals surface area contributed by atoms with E-state index in [2.05, 4.69) is 10.6 Å². The number of aryl methyl sites for hydroxylation is 1. The van der Waals surface area contributed by atoms with Crippen molar-refractivity contribution in [1.29, 1.82) is 0 Å². The van der Waals surface area contributed by atoms with Crippen molar-refractivity contribution in [1.82, 2.24) is 10.2 Å². The molecule has 1 aromatic carbocycles. The fourth-order valence-corrected chi connectivity index (χ4v) is 3.29. The minimum atomic E-state index is 0.120. The van der Waals surface area contributed by atoms with E-state index in [1.807, 2.05) is 41.3 Å². The van der Waals surface area contributed by atoms with Gasteiger partial charge < -0.3 is 20.0 Å². The molecule has 0 saturated carbocycles. The lowest BCUT2D eigenvalue weighted by atomic mass is 10.1. The van der Waals surface area contributed by atoms with Crippen molar-refractivity contribution in [3.63, 3.8) is 0 Å². The number of carbonyl (C=O) groups excluding carboxylic acids is 1. The third kappa shape index (κ3) is 5.33. The smallest absolute Gasteiger partial charge is 0.253 e.